The SMILES string of the molecule is COc1ccc(S(=O)(=O)N2CCC3(CC2)C[C@H](CCN2CCN(c4ccc(C)cc4)CC2)OC3=O)cc1. The number of benzene rings is 2. The van der Waals surface area contributed by atoms with Crippen molar-refractivity contribution in [1.29, 1.82) is 0 Å². The zero-order chi connectivity index (χ0) is 26.0. The molecule has 3 fully saturated rings. The summed E-state index contributed by atoms with van der Waals surface area (Å²) in [6, 6.07) is 15.1. The number of esters is 1. The third-order valence-electron chi connectivity index (χ3n) is 8.24. The summed E-state index contributed by atoms with van der Waals surface area (Å²) < 4.78 is 38.7. The Bertz CT molecular complexity index is 1180. The highest BCUT2D eigenvalue weighted by Crippen LogP contribution is 2.44. The van der Waals surface area contributed by atoms with Crippen LogP contribution in [0.2, 0.25) is 0 Å². The molecule has 8 nitrogen and oxygen atoms in total. The molecule has 3 heterocycles. The molecule has 2 aromatic carbocycles. The van der Waals surface area contributed by atoms with Crippen LogP contribution in [0.3, 0.4) is 0 Å². The van der Waals surface area contributed by atoms with E-state index in [4.69, 9.17) is 9.47 Å². The number of ether oxygens (including phenoxy) is 2. The molecule has 0 bridgehead atoms. The van der Waals surface area contributed by atoms with Crippen LogP contribution in [0.25, 0.3) is 0 Å². The van der Waals surface area contributed by atoms with Crippen molar-refractivity contribution in [3.63, 3.8) is 0 Å². The van der Waals surface area contributed by atoms with Crippen LogP contribution in [0.5, 0.6) is 5.75 Å². The first-order valence-corrected chi connectivity index (χ1v) is 14.6. The molecule has 0 aliphatic carbocycles. The molecule has 0 saturated carbocycles. The van der Waals surface area contributed by atoms with E-state index >= 15 is 0 Å². The first kappa shape index (κ1) is 26.0. The van der Waals surface area contributed by atoms with Gasteiger partial charge in [-0.05, 0) is 62.6 Å². The fraction of sp³-hybridized carbons (Fsp3) is 0.536. The lowest BCUT2D eigenvalue weighted by Crippen LogP contribution is -2.47. The molecule has 5 rings (SSSR count). The Balaban J connectivity index is 1.10. The van der Waals surface area contributed by atoms with Crippen LogP contribution in [0.1, 0.15) is 31.2 Å². The molecule has 9 heteroatoms. The predicted molar refractivity (Wildman–Crippen MR) is 142 cm³/mol. The molecule has 0 amide bonds. The van der Waals surface area contributed by atoms with Crippen molar-refractivity contribution in [3.8, 4) is 5.75 Å². The summed E-state index contributed by atoms with van der Waals surface area (Å²) in [5.74, 6) is 0.465. The lowest BCUT2D eigenvalue weighted by Gasteiger charge is -2.36. The minimum absolute atomic E-state index is 0.0904. The van der Waals surface area contributed by atoms with Crippen molar-refractivity contribution in [2.45, 2.75) is 43.6 Å². The Kier molecular flexibility index (Phi) is 7.47. The van der Waals surface area contributed by atoms with Crippen LogP contribution >= 0.6 is 0 Å². The number of aryl methyl sites for hydroxylation is 1. The number of nitrogens with zero attached hydrogens (tertiary/aromatic N) is 3. The zero-order valence-electron chi connectivity index (χ0n) is 21.8. The number of methoxy groups -OCH3 is 1. The molecule has 1 spiro atoms. The summed E-state index contributed by atoms with van der Waals surface area (Å²) in [6.07, 6.45) is 2.43. The number of piperidine rings is 1. The van der Waals surface area contributed by atoms with E-state index in [1.54, 1.807) is 31.4 Å². The molecule has 3 aliphatic rings. The smallest absolute Gasteiger partial charge is 0.312 e. The normalized spacial score (nSPS) is 22.8. The van der Waals surface area contributed by atoms with Crippen molar-refractivity contribution >= 4 is 21.7 Å². The van der Waals surface area contributed by atoms with E-state index in [-0.39, 0.29) is 17.0 Å². The van der Waals surface area contributed by atoms with Crippen molar-refractivity contribution in [2.24, 2.45) is 5.41 Å². The fourth-order valence-electron chi connectivity index (χ4n) is 5.77. The van der Waals surface area contributed by atoms with Gasteiger partial charge in [0.1, 0.15) is 11.9 Å². The Hall–Kier alpha value is -2.62. The Morgan fingerprint density at radius 1 is 0.946 bits per heavy atom. The maximum absolute atomic E-state index is 13.1. The molecule has 3 saturated heterocycles. The molecular weight excluding hydrogens is 490 g/mol. The van der Waals surface area contributed by atoms with Gasteiger partial charge in [-0.25, -0.2) is 8.42 Å². The zero-order valence-corrected chi connectivity index (χ0v) is 22.6. The number of carbonyl (C=O) groups excluding carboxylic acids is 1. The first-order valence-electron chi connectivity index (χ1n) is 13.2. The second kappa shape index (κ2) is 10.6. The Morgan fingerprint density at radius 2 is 1.59 bits per heavy atom. The standard InChI is InChI=1S/C28H37N3O5S/c1-22-3-5-23(6-4-22)30-19-17-29(18-20-30)14-11-25-21-28(27(32)36-25)12-15-31(16-13-28)37(33,34)26-9-7-24(35-2)8-10-26/h3-10,25H,11-21H2,1-2H3/t25-/m0/s1. The highest BCUT2D eigenvalue weighted by Gasteiger charge is 2.51. The number of sulfonamides is 1. The second-order valence-corrected chi connectivity index (χ2v) is 12.5. The molecular formula is C28H37N3O5S. The highest BCUT2D eigenvalue weighted by molar-refractivity contribution is 7.89. The molecule has 37 heavy (non-hydrogen) atoms. The summed E-state index contributed by atoms with van der Waals surface area (Å²) in [7, 11) is -2.05. The van der Waals surface area contributed by atoms with E-state index in [0.29, 0.717) is 38.1 Å². The van der Waals surface area contributed by atoms with Crippen LogP contribution in [0, 0.1) is 12.3 Å². The van der Waals surface area contributed by atoms with E-state index < -0.39 is 15.4 Å². The lowest BCUT2D eigenvalue weighted by atomic mass is 9.76. The highest BCUT2D eigenvalue weighted by atomic mass is 32.2. The van der Waals surface area contributed by atoms with E-state index in [9.17, 15) is 13.2 Å². The summed E-state index contributed by atoms with van der Waals surface area (Å²) in [6.45, 7) is 7.67. The van der Waals surface area contributed by atoms with Crippen LogP contribution < -0.4 is 9.64 Å². The van der Waals surface area contributed by atoms with Gasteiger partial charge >= 0.3 is 5.97 Å². The van der Waals surface area contributed by atoms with E-state index in [1.807, 2.05) is 0 Å². The Labute approximate surface area is 220 Å². The summed E-state index contributed by atoms with van der Waals surface area (Å²) >= 11 is 0. The minimum Gasteiger partial charge on any atom is -0.497 e. The van der Waals surface area contributed by atoms with Gasteiger partial charge in [0.2, 0.25) is 10.0 Å². The molecule has 1 atom stereocenters. The molecule has 200 valence electrons. The number of hydrogen-bond donors (Lipinski definition) is 0. The molecule has 2 aromatic rings. The van der Waals surface area contributed by atoms with Crippen LogP contribution in [0.15, 0.2) is 53.4 Å². The van der Waals surface area contributed by atoms with Crippen LogP contribution in [-0.4, -0.2) is 82.6 Å². The first-order chi connectivity index (χ1) is 17.8. The maximum atomic E-state index is 13.1. The quantitative estimate of drug-likeness (QED) is 0.511. The number of piperazine rings is 1. The Morgan fingerprint density at radius 3 is 2.22 bits per heavy atom. The van der Waals surface area contributed by atoms with Gasteiger partial charge in [0.15, 0.2) is 0 Å². The van der Waals surface area contributed by atoms with Crippen molar-refractivity contribution in [1.82, 2.24) is 9.21 Å². The van der Waals surface area contributed by atoms with E-state index in [1.165, 1.54) is 15.6 Å². The topological polar surface area (TPSA) is 79.4 Å². The van der Waals surface area contributed by atoms with Crippen molar-refractivity contribution < 1.29 is 22.7 Å². The number of hydrogen-bond acceptors (Lipinski definition) is 7. The molecule has 3 aliphatic heterocycles. The lowest BCUT2D eigenvalue weighted by molar-refractivity contribution is -0.150. The van der Waals surface area contributed by atoms with Gasteiger partial charge in [-0.1, -0.05) is 17.7 Å². The largest absolute Gasteiger partial charge is 0.497 e. The van der Waals surface area contributed by atoms with Gasteiger partial charge in [0.05, 0.1) is 17.4 Å². The van der Waals surface area contributed by atoms with Crippen molar-refractivity contribution in [3.05, 3.63) is 54.1 Å². The van der Waals surface area contributed by atoms with E-state index in [2.05, 4.69) is 41.0 Å². The third-order valence-corrected chi connectivity index (χ3v) is 10.2. The average Bonchev–Trinajstić information content (AvgIpc) is 3.22. The van der Waals surface area contributed by atoms with E-state index in [0.717, 1.165) is 39.1 Å². The fourth-order valence-corrected chi connectivity index (χ4v) is 7.21. The number of rotatable bonds is 7. The van der Waals surface area contributed by atoms with Gasteiger partial charge in [-0.3, -0.25) is 9.69 Å². The minimum atomic E-state index is -3.60. The van der Waals surface area contributed by atoms with Crippen LogP contribution in [0.4, 0.5) is 5.69 Å². The predicted octanol–water partition coefficient (Wildman–Crippen LogP) is 3.30. The number of anilines is 1. The van der Waals surface area contributed by atoms with Gasteiger partial charge < -0.3 is 14.4 Å². The van der Waals surface area contributed by atoms with Crippen molar-refractivity contribution in [2.75, 3.05) is 57.8 Å². The monoisotopic (exact) mass is 527 g/mol. The maximum Gasteiger partial charge on any atom is 0.312 e. The summed E-state index contributed by atoms with van der Waals surface area (Å²) in [4.78, 5) is 18.0. The molecule has 0 radical (unpaired) electrons. The third kappa shape index (κ3) is 5.49. The van der Waals surface area contributed by atoms with Gasteiger partial charge in [-0.2, -0.15) is 4.31 Å². The summed E-state index contributed by atoms with van der Waals surface area (Å²) in [5, 5.41) is 0. The van der Waals surface area contributed by atoms with Gasteiger partial charge in [0, 0.05) is 57.9 Å². The number of carbonyl (C=O) groups is 1. The van der Waals surface area contributed by atoms with Gasteiger partial charge in [0.25, 0.3) is 0 Å². The number of cyclic esters (lactones) is 1. The van der Waals surface area contributed by atoms with Crippen LogP contribution in [-0.2, 0) is 19.6 Å². The van der Waals surface area contributed by atoms with Gasteiger partial charge in [-0.15, -0.1) is 0 Å². The molecule has 0 aromatic heterocycles. The second-order valence-electron chi connectivity index (χ2n) is 10.5. The summed E-state index contributed by atoms with van der Waals surface area (Å²) in [5.41, 5.74) is 1.99. The average molecular weight is 528 g/mol. The molecule has 0 unspecified atom stereocenters. The molecule has 0 N–H and O–H groups in total.